The molecular weight excluding hydrogens is 745 g/mol. The number of hydrogen-bond donors (Lipinski definition) is 0. The molecule has 3 heterocycles. The van der Waals surface area contributed by atoms with Crippen LogP contribution in [0, 0.1) is 0 Å². The zero-order valence-corrected chi connectivity index (χ0v) is 34.1. The summed E-state index contributed by atoms with van der Waals surface area (Å²) in [4.78, 5) is 0. The number of hydrogen-bond acceptors (Lipinski definition) is 1. The van der Waals surface area contributed by atoms with Crippen molar-refractivity contribution >= 4 is 75.1 Å². The Hall–Kier alpha value is -7.20. The van der Waals surface area contributed by atoms with Gasteiger partial charge in [-0.25, -0.2) is 0 Å². The average Bonchev–Trinajstić information content (AvgIpc) is 4.01. The lowest BCUT2D eigenvalue weighted by atomic mass is 9.82. The molecule has 60 heavy (non-hydrogen) atoms. The number of benzene rings is 9. The van der Waals surface area contributed by atoms with Crippen molar-refractivity contribution in [1.29, 1.82) is 0 Å². The van der Waals surface area contributed by atoms with Crippen LogP contribution in [0.15, 0.2) is 194 Å². The largest absolute Gasteiger partial charge is 0.309 e. The third kappa shape index (κ3) is 4.70. The van der Waals surface area contributed by atoms with Crippen molar-refractivity contribution in [2.24, 2.45) is 0 Å². The Labute approximate surface area is 351 Å². The first-order valence-electron chi connectivity index (χ1n) is 20.8. The van der Waals surface area contributed by atoms with Crippen molar-refractivity contribution in [1.82, 2.24) is 9.13 Å². The fourth-order valence-corrected chi connectivity index (χ4v) is 11.7. The number of para-hydroxylation sites is 2. The Morgan fingerprint density at radius 1 is 0.367 bits per heavy atom. The minimum Gasteiger partial charge on any atom is -0.309 e. The predicted molar refractivity (Wildman–Crippen MR) is 256 cm³/mol. The monoisotopic (exact) mass is 782 g/mol. The van der Waals surface area contributed by atoms with Gasteiger partial charge in [0.05, 0.1) is 22.1 Å². The van der Waals surface area contributed by atoms with E-state index in [0.717, 1.165) is 5.69 Å². The summed E-state index contributed by atoms with van der Waals surface area (Å²) in [6.07, 6.45) is 0. The van der Waals surface area contributed by atoms with E-state index >= 15 is 0 Å². The minimum absolute atomic E-state index is 0.131. The van der Waals surface area contributed by atoms with Gasteiger partial charge in [-0.3, -0.25) is 0 Å². The summed E-state index contributed by atoms with van der Waals surface area (Å²) in [5.41, 5.74) is 17.5. The van der Waals surface area contributed by atoms with Crippen molar-refractivity contribution < 1.29 is 0 Å². The van der Waals surface area contributed by atoms with E-state index in [1.807, 2.05) is 11.3 Å². The molecule has 0 fully saturated rings. The van der Waals surface area contributed by atoms with Crippen molar-refractivity contribution in [3.63, 3.8) is 0 Å². The lowest BCUT2D eigenvalue weighted by Crippen LogP contribution is -2.15. The zero-order valence-electron chi connectivity index (χ0n) is 33.3. The molecule has 12 aromatic rings. The highest BCUT2D eigenvalue weighted by molar-refractivity contribution is 7.26. The maximum absolute atomic E-state index is 2.49. The van der Waals surface area contributed by atoms with Crippen LogP contribution in [-0.4, -0.2) is 9.13 Å². The van der Waals surface area contributed by atoms with Crippen LogP contribution in [-0.2, 0) is 5.41 Å². The number of thiophene rings is 1. The molecule has 1 aliphatic rings. The van der Waals surface area contributed by atoms with Gasteiger partial charge in [0.15, 0.2) is 0 Å². The Bertz CT molecular complexity index is 3730. The van der Waals surface area contributed by atoms with Gasteiger partial charge in [0.1, 0.15) is 0 Å². The Kier molecular flexibility index (Phi) is 6.98. The topological polar surface area (TPSA) is 9.86 Å². The van der Waals surface area contributed by atoms with Crippen LogP contribution in [0.3, 0.4) is 0 Å². The molecule has 1 aliphatic carbocycles. The first-order chi connectivity index (χ1) is 29.5. The van der Waals surface area contributed by atoms with Gasteiger partial charge in [0.2, 0.25) is 0 Å². The number of rotatable bonds is 4. The molecule has 13 rings (SSSR count). The molecule has 9 aromatic carbocycles. The van der Waals surface area contributed by atoms with Crippen LogP contribution in [0.5, 0.6) is 0 Å². The quantitative estimate of drug-likeness (QED) is 0.168. The Morgan fingerprint density at radius 3 is 1.73 bits per heavy atom. The molecule has 3 aromatic heterocycles. The maximum atomic E-state index is 2.49. The summed E-state index contributed by atoms with van der Waals surface area (Å²) in [6, 6.07) is 72.1. The van der Waals surface area contributed by atoms with Crippen LogP contribution < -0.4 is 0 Å². The number of fused-ring (bicyclic) bond motifs is 13. The van der Waals surface area contributed by atoms with E-state index in [1.165, 1.54) is 114 Å². The molecule has 0 saturated heterocycles. The maximum Gasteiger partial charge on any atom is 0.0547 e. The van der Waals surface area contributed by atoms with E-state index in [-0.39, 0.29) is 5.41 Å². The van der Waals surface area contributed by atoms with Gasteiger partial charge in [-0.2, -0.15) is 0 Å². The standard InChI is InChI=1S/C57H38N2S/c1-57(2)48-30-29-45-44-16-8-11-19-54(44)60-56(45)55(48)46-28-26-40(34-49(46)57)59-50-17-9-6-14-41(50)43-27-22-38(33-53(43)59)37-23-31-52-47(32-37)42-15-7-10-18-51(42)58(52)39-24-20-36(21-25-39)35-12-4-3-5-13-35/h3-34H,1-2H3. The SMILES string of the molecule is CC1(C)c2cc(-n3c4ccccc4c4ccc(-c5ccc6c(c5)c5ccccc5n6-c5ccc(-c6ccccc6)cc5)cc43)ccc2-c2c1ccc1c2sc2ccccc21. The normalized spacial score (nSPS) is 13.3. The summed E-state index contributed by atoms with van der Waals surface area (Å²) in [5.74, 6) is 0. The van der Waals surface area contributed by atoms with Crippen LogP contribution >= 0.6 is 11.3 Å². The summed E-state index contributed by atoms with van der Waals surface area (Å²) in [7, 11) is 0. The number of nitrogens with zero attached hydrogens (tertiary/aromatic N) is 2. The molecular formula is C57H38N2S. The molecule has 0 aliphatic heterocycles. The fourth-order valence-electron chi connectivity index (χ4n) is 10.4. The summed E-state index contributed by atoms with van der Waals surface area (Å²) in [5, 5.41) is 7.75. The molecule has 0 radical (unpaired) electrons. The second-order valence-electron chi connectivity index (χ2n) is 16.9. The highest BCUT2D eigenvalue weighted by atomic mass is 32.1. The van der Waals surface area contributed by atoms with Crippen LogP contribution in [0.4, 0.5) is 0 Å². The molecule has 282 valence electrons. The molecule has 0 N–H and O–H groups in total. The van der Waals surface area contributed by atoms with Gasteiger partial charge >= 0.3 is 0 Å². The highest BCUT2D eigenvalue weighted by Gasteiger charge is 2.37. The third-order valence-corrected chi connectivity index (χ3v) is 14.5. The first-order valence-corrected chi connectivity index (χ1v) is 21.7. The van der Waals surface area contributed by atoms with Gasteiger partial charge in [0.25, 0.3) is 0 Å². The van der Waals surface area contributed by atoms with Crippen LogP contribution in [0.25, 0.3) is 109 Å². The van der Waals surface area contributed by atoms with Gasteiger partial charge in [0, 0.05) is 64.1 Å². The summed E-state index contributed by atoms with van der Waals surface area (Å²) >= 11 is 1.93. The third-order valence-electron chi connectivity index (χ3n) is 13.3. The molecule has 3 heteroatoms. The molecule has 2 nitrogen and oxygen atoms in total. The molecule has 0 spiro atoms. The van der Waals surface area contributed by atoms with Crippen molar-refractivity contribution in [3.05, 3.63) is 205 Å². The van der Waals surface area contributed by atoms with Gasteiger partial charge in [-0.05, 0) is 99.6 Å². The van der Waals surface area contributed by atoms with Crippen molar-refractivity contribution in [2.45, 2.75) is 19.3 Å². The lowest BCUT2D eigenvalue weighted by molar-refractivity contribution is 0.660. The van der Waals surface area contributed by atoms with Crippen LogP contribution in [0.2, 0.25) is 0 Å². The van der Waals surface area contributed by atoms with E-state index in [4.69, 9.17) is 0 Å². The van der Waals surface area contributed by atoms with Crippen molar-refractivity contribution in [3.8, 4) is 44.8 Å². The van der Waals surface area contributed by atoms with E-state index in [0.29, 0.717) is 0 Å². The second-order valence-corrected chi connectivity index (χ2v) is 18.0. The molecule has 0 saturated carbocycles. The van der Waals surface area contributed by atoms with Gasteiger partial charge in [-0.15, -0.1) is 11.3 Å². The smallest absolute Gasteiger partial charge is 0.0547 e. The van der Waals surface area contributed by atoms with E-state index in [2.05, 4.69) is 217 Å². The molecule has 0 unspecified atom stereocenters. The molecule has 0 amide bonds. The Balaban J connectivity index is 0.960. The predicted octanol–water partition coefficient (Wildman–Crippen LogP) is 15.9. The van der Waals surface area contributed by atoms with E-state index in [1.54, 1.807) is 0 Å². The van der Waals surface area contributed by atoms with Gasteiger partial charge in [-0.1, -0.05) is 147 Å². The highest BCUT2D eigenvalue weighted by Crippen LogP contribution is 2.54. The first kappa shape index (κ1) is 33.7. The zero-order chi connectivity index (χ0) is 39.7. The van der Waals surface area contributed by atoms with Crippen LogP contribution in [0.1, 0.15) is 25.0 Å². The second kappa shape index (κ2) is 12.4. The Morgan fingerprint density at radius 2 is 0.933 bits per heavy atom. The minimum atomic E-state index is -0.131. The van der Waals surface area contributed by atoms with E-state index in [9.17, 15) is 0 Å². The molecule has 0 bridgehead atoms. The average molecular weight is 783 g/mol. The summed E-state index contributed by atoms with van der Waals surface area (Å²) < 4.78 is 7.65. The number of aromatic nitrogens is 2. The summed E-state index contributed by atoms with van der Waals surface area (Å²) in [6.45, 7) is 4.80. The van der Waals surface area contributed by atoms with Gasteiger partial charge < -0.3 is 9.13 Å². The van der Waals surface area contributed by atoms with Crippen molar-refractivity contribution in [2.75, 3.05) is 0 Å². The fraction of sp³-hybridized carbons (Fsp3) is 0.0526. The van der Waals surface area contributed by atoms with E-state index < -0.39 is 0 Å². The lowest BCUT2D eigenvalue weighted by Gasteiger charge is -2.22. The molecule has 0 atom stereocenters.